The molecule has 1 fully saturated rings. The van der Waals surface area contributed by atoms with Gasteiger partial charge < -0.3 is 4.90 Å². The van der Waals surface area contributed by atoms with Gasteiger partial charge in [0, 0.05) is 12.1 Å². The first-order valence-electron chi connectivity index (χ1n) is 4.54. The Labute approximate surface area is 102 Å². The fourth-order valence-corrected chi connectivity index (χ4v) is 2.01. The topological polar surface area (TPSA) is 40.6 Å². The third-order valence-electron chi connectivity index (χ3n) is 2.29. The summed E-state index contributed by atoms with van der Waals surface area (Å²) in [6.07, 6.45) is 0. The normalized spacial score (nSPS) is 16.2. The highest BCUT2D eigenvalue weighted by molar-refractivity contribution is 6.38. The van der Waals surface area contributed by atoms with Gasteiger partial charge in [-0.2, -0.15) is 0 Å². The van der Waals surface area contributed by atoms with Crippen LogP contribution in [-0.4, -0.2) is 30.4 Å². The van der Waals surface area contributed by atoms with Gasteiger partial charge in [0.05, 0.1) is 10.7 Å². The zero-order valence-corrected chi connectivity index (χ0v) is 9.92. The van der Waals surface area contributed by atoms with Gasteiger partial charge in [0.25, 0.3) is 5.91 Å². The molecular formula is C10H8Cl2N2O2. The predicted octanol–water partition coefficient (Wildman–Crippen LogP) is 2.39. The second-order valence-electron chi connectivity index (χ2n) is 3.46. The Kier molecular flexibility index (Phi) is 2.78. The maximum absolute atomic E-state index is 11.7. The van der Waals surface area contributed by atoms with Crippen molar-refractivity contribution in [2.45, 2.75) is 0 Å². The number of halogens is 2. The summed E-state index contributed by atoms with van der Waals surface area (Å²) in [6, 6.07) is 4.26. The number of hydrogen-bond donors (Lipinski definition) is 0. The first kappa shape index (κ1) is 11.2. The molecule has 0 unspecified atom stereocenters. The maximum atomic E-state index is 11.7. The molecule has 1 saturated heterocycles. The van der Waals surface area contributed by atoms with E-state index in [9.17, 15) is 9.59 Å². The van der Waals surface area contributed by atoms with Gasteiger partial charge >= 0.3 is 6.03 Å². The molecule has 2 rings (SSSR count). The van der Waals surface area contributed by atoms with E-state index in [1.807, 2.05) is 0 Å². The number of carbonyl (C=O) groups is 2. The van der Waals surface area contributed by atoms with Crippen LogP contribution in [0.25, 0.3) is 0 Å². The fraction of sp³-hybridized carbons (Fsp3) is 0.200. The molecular weight excluding hydrogens is 251 g/mol. The fourth-order valence-electron chi connectivity index (χ4n) is 1.52. The van der Waals surface area contributed by atoms with Gasteiger partial charge in [-0.25, -0.2) is 9.69 Å². The number of likely N-dealkylation sites (N-methyl/N-ethyl adjacent to an activating group) is 1. The lowest BCUT2D eigenvalue weighted by Crippen LogP contribution is -2.31. The molecule has 16 heavy (non-hydrogen) atoms. The molecule has 0 radical (unpaired) electrons. The van der Waals surface area contributed by atoms with Crippen LogP contribution in [0.2, 0.25) is 10.0 Å². The Morgan fingerprint density at radius 3 is 2.44 bits per heavy atom. The van der Waals surface area contributed by atoms with Crippen molar-refractivity contribution >= 4 is 40.8 Å². The molecule has 84 valence electrons. The Morgan fingerprint density at radius 1 is 1.25 bits per heavy atom. The van der Waals surface area contributed by atoms with Gasteiger partial charge in [0.2, 0.25) is 0 Å². The van der Waals surface area contributed by atoms with Crippen LogP contribution in [0.3, 0.4) is 0 Å². The Morgan fingerprint density at radius 2 is 1.94 bits per heavy atom. The Hall–Kier alpha value is -1.26. The minimum atomic E-state index is -0.380. The van der Waals surface area contributed by atoms with Gasteiger partial charge in [-0.3, -0.25) is 4.79 Å². The van der Waals surface area contributed by atoms with Crippen LogP contribution in [0.1, 0.15) is 0 Å². The molecule has 3 amide bonds. The van der Waals surface area contributed by atoms with Gasteiger partial charge in [0.1, 0.15) is 6.54 Å². The first-order chi connectivity index (χ1) is 7.50. The average Bonchev–Trinajstić information content (AvgIpc) is 2.43. The summed E-state index contributed by atoms with van der Waals surface area (Å²) in [5.74, 6) is -0.295. The van der Waals surface area contributed by atoms with E-state index >= 15 is 0 Å². The highest BCUT2D eigenvalue weighted by Crippen LogP contribution is 2.31. The second kappa shape index (κ2) is 3.96. The van der Waals surface area contributed by atoms with Crippen LogP contribution in [0.15, 0.2) is 18.2 Å². The van der Waals surface area contributed by atoms with Crippen LogP contribution < -0.4 is 4.90 Å². The van der Waals surface area contributed by atoms with E-state index < -0.39 is 0 Å². The number of hydrogen-bond acceptors (Lipinski definition) is 2. The summed E-state index contributed by atoms with van der Waals surface area (Å²) < 4.78 is 0. The van der Waals surface area contributed by atoms with E-state index in [1.54, 1.807) is 19.2 Å². The van der Waals surface area contributed by atoms with E-state index in [1.165, 1.54) is 11.0 Å². The predicted molar refractivity (Wildman–Crippen MR) is 62.0 cm³/mol. The first-order valence-corrected chi connectivity index (χ1v) is 5.29. The van der Waals surface area contributed by atoms with Crippen molar-refractivity contribution in [2.24, 2.45) is 0 Å². The van der Waals surface area contributed by atoms with Crippen LogP contribution >= 0.6 is 23.2 Å². The highest BCUT2D eigenvalue weighted by Gasteiger charge is 2.35. The van der Waals surface area contributed by atoms with E-state index in [4.69, 9.17) is 23.2 Å². The summed E-state index contributed by atoms with van der Waals surface area (Å²) in [5, 5.41) is 0.741. The van der Waals surface area contributed by atoms with Crippen LogP contribution in [-0.2, 0) is 4.79 Å². The molecule has 0 bridgehead atoms. The number of rotatable bonds is 1. The minimum absolute atomic E-state index is 0.0673. The third kappa shape index (κ3) is 1.74. The smallest absolute Gasteiger partial charge is 0.318 e. The second-order valence-corrected chi connectivity index (χ2v) is 4.31. The highest BCUT2D eigenvalue weighted by atomic mass is 35.5. The van der Waals surface area contributed by atoms with Crippen LogP contribution in [0.5, 0.6) is 0 Å². The van der Waals surface area contributed by atoms with Gasteiger partial charge in [-0.15, -0.1) is 0 Å². The SMILES string of the molecule is CN1CC(=O)N(c2ccc(Cl)cc2Cl)C1=O. The summed E-state index contributed by atoms with van der Waals surface area (Å²) in [6.45, 7) is 0.0673. The van der Waals surface area contributed by atoms with Gasteiger partial charge in [-0.1, -0.05) is 23.2 Å². The third-order valence-corrected chi connectivity index (χ3v) is 2.83. The quantitative estimate of drug-likeness (QED) is 0.726. The van der Waals surface area contributed by atoms with E-state index in [2.05, 4.69) is 0 Å². The zero-order chi connectivity index (χ0) is 11.9. The number of anilines is 1. The molecule has 0 N–H and O–H groups in total. The largest absolute Gasteiger partial charge is 0.331 e. The van der Waals surface area contributed by atoms with Crippen molar-refractivity contribution in [3.8, 4) is 0 Å². The van der Waals surface area contributed by atoms with Crippen molar-refractivity contribution < 1.29 is 9.59 Å². The number of benzene rings is 1. The molecule has 4 nitrogen and oxygen atoms in total. The number of urea groups is 1. The molecule has 1 aromatic rings. The number of nitrogens with zero attached hydrogens (tertiary/aromatic N) is 2. The van der Waals surface area contributed by atoms with Gasteiger partial charge in [0.15, 0.2) is 0 Å². The maximum Gasteiger partial charge on any atom is 0.331 e. The minimum Gasteiger partial charge on any atom is -0.318 e. The summed E-state index contributed by atoms with van der Waals surface area (Å²) in [5.41, 5.74) is 0.366. The monoisotopic (exact) mass is 258 g/mol. The molecule has 0 aromatic heterocycles. The standard InChI is InChI=1S/C10H8Cl2N2O2/c1-13-5-9(15)14(10(13)16)8-3-2-6(11)4-7(8)12/h2-4H,5H2,1H3. The number of imide groups is 1. The molecule has 1 aliphatic heterocycles. The van der Waals surface area contributed by atoms with E-state index in [0.29, 0.717) is 10.7 Å². The number of amides is 3. The summed E-state index contributed by atoms with van der Waals surface area (Å²) in [4.78, 5) is 25.7. The number of carbonyl (C=O) groups excluding carboxylic acids is 2. The molecule has 0 aliphatic carbocycles. The molecule has 1 aromatic carbocycles. The lowest BCUT2D eigenvalue weighted by Gasteiger charge is -2.15. The van der Waals surface area contributed by atoms with Crippen LogP contribution in [0, 0.1) is 0 Å². The van der Waals surface area contributed by atoms with E-state index in [0.717, 1.165) is 4.90 Å². The van der Waals surface area contributed by atoms with E-state index in [-0.39, 0.29) is 23.5 Å². The lowest BCUT2D eigenvalue weighted by atomic mass is 10.3. The van der Waals surface area contributed by atoms with Crippen molar-refractivity contribution in [1.82, 2.24) is 4.90 Å². The molecule has 6 heteroatoms. The molecule has 1 aliphatic rings. The molecule has 0 saturated carbocycles. The summed E-state index contributed by atoms with van der Waals surface area (Å²) >= 11 is 11.7. The van der Waals surface area contributed by atoms with Crippen LogP contribution in [0.4, 0.5) is 10.5 Å². The van der Waals surface area contributed by atoms with Crippen molar-refractivity contribution in [3.63, 3.8) is 0 Å². The Balaban J connectivity index is 2.45. The van der Waals surface area contributed by atoms with Crippen molar-refractivity contribution in [1.29, 1.82) is 0 Å². The van der Waals surface area contributed by atoms with Crippen molar-refractivity contribution in [2.75, 3.05) is 18.5 Å². The lowest BCUT2D eigenvalue weighted by molar-refractivity contribution is -0.116. The van der Waals surface area contributed by atoms with Gasteiger partial charge in [-0.05, 0) is 18.2 Å². The Bertz CT molecular complexity index is 476. The zero-order valence-electron chi connectivity index (χ0n) is 8.41. The molecule has 0 spiro atoms. The van der Waals surface area contributed by atoms with Crippen molar-refractivity contribution in [3.05, 3.63) is 28.2 Å². The molecule has 1 heterocycles. The molecule has 0 atom stereocenters. The average molecular weight is 259 g/mol. The summed E-state index contributed by atoms with van der Waals surface area (Å²) in [7, 11) is 1.56.